The predicted molar refractivity (Wildman–Crippen MR) is 81.0 cm³/mol. The van der Waals surface area contributed by atoms with E-state index >= 15 is 0 Å². The highest BCUT2D eigenvalue weighted by molar-refractivity contribution is 5.97. The van der Waals surface area contributed by atoms with Crippen LogP contribution in [0.25, 0.3) is 0 Å². The van der Waals surface area contributed by atoms with Crippen molar-refractivity contribution in [3.05, 3.63) is 29.6 Å². The summed E-state index contributed by atoms with van der Waals surface area (Å²) in [6, 6.07) is 1.87. The molecule has 1 aromatic heterocycles. The zero-order valence-electron chi connectivity index (χ0n) is 13.0. The summed E-state index contributed by atoms with van der Waals surface area (Å²) in [6.07, 6.45) is 5.85. The number of piperidine rings is 1. The van der Waals surface area contributed by atoms with Crippen LogP contribution in [-0.4, -0.2) is 54.4 Å². The second-order valence-electron chi connectivity index (χ2n) is 5.67. The van der Waals surface area contributed by atoms with Gasteiger partial charge in [-0.15, -0.1) is 0 Å². The Bertz CT molecular complexity index is 478. The van der Waals surface area contributed by atoms with Gasteiger partial charge >= 0.3 is 0 Å². The normalized spacial score (nSPS) is 21.2. The summed E-state index contributed by atoms with van der Waals surface area (Å²) in [5.74, 6) is 0.136. The van der Waals surface area contributed by atoms with E-state index < -0.39 is 0 Å². The van der Waals surface area contributed by atoms with Crippen LogP contribution in [0.1, 0.15) is 42.6 Å². The number of fused-ring (bicyclic) bond motifs is 2. The molecule has 1 amide bonds. The summed E-state index contributed by atoms with van der Waals surface area (Å²) < 4.78 is 0. The summed E-state index contributed by atoms with van der Waals surface area (Å²) in [6.45, 7) is 7.02. The van der Waals surface area contributed by atoms with E-state index in [2.05, 4.69) is 16.9 Å². The quantitative estimate of drug-likeness (QED) is 0.728. The van der Waals surface area contributed by atoms with Gasteiger partial charge in [0.2, 0.25) is 0 Å². The predicted octanol–water partition coefficient (Wildman–Crippen LogP) is 2.16. The number of nitrogens with zero attached hydrogens (tertiary/aromatic N) is 3. The lowest BCUT2D eigenvalue weighted by molar-refractivity contribution is 0.0657. The van der Waals surface area contributed by atoms with Crippen LogP contribution in [0.5, 0.6) is 0 Å². The highest BCUT2D eigenvalue weighted by Gasteiger charge is 2.43. The number of carbonyl (C=O) groups is 1. The minimum Gasteiger partial charge on any atom is -0.341 e. The summed E-state index contributed by atoms with van der Waals surface area (Å²) in [4.78, 5) is 20.7. The number of rotatable bonds is 0. The fourth-order valence-electron chi connectivity index (χ4n) is 3.29. The molecule has 0 N–H and O–H groups in total. The average molecular weight is 275 g/mol. The second-order valence-corrected chi connectivity index (χ2v) is 5.67. The van der Waals surface area contributed by atoms with Crippen molar-refractivity contribution in [2.45, 2.75) is 32.1 Å². The molecule has 4 heteroatoms. The number of pyridine rings is 1. The smallest absolute Gasteiger partial charge is 0.254 e. The Morgan fingerprint density at radius 2 is 1.85 bits per heavy atom. The maximum absolute atomic E-state index is 12.2. The van der Waals surface area contributed by atoms with E-state index in [9.17, 15) is 4.79 Å². The fourth-order valence-corrected chi connectivity index (χ4v) is 3.29. The molecule has 3 heterocycles. The van der Waals surface area contributed by atoms with E-state index in [1.165, 1.54) is 5.56 Å². The van der Waals surface area contributed by atoms with Gasteiger partial charge in [-0.05, 0) is 44.6 Å². The monoisotopic (exact) mass is 275 g/mol. The van der Waals surface area contributed by atoms with E-state index in [1.807, 2.05) is 38.1 Å². The minimum absolute atomic E-state index is 0.124. The third-order valence-electron chi connectivity index (χ3n) is 4.45. The topological polar surface area (TPSA) is 36.4 Å². The van der Waals surface area contributed by atoms with Gasteiger partial charge < -0.3 is 9.80 Å². The Balaban J connectivity index is 0.000000704. The Hall–Kier alpha value is -1.42. The minimum atomic E-state index is 0.124. The van der Waals surface area contributed by atoms with Gasteiger partial charge in [-0.25, -0.2) is 0 Å². The summed E-state index contributed by atoms with van der Waals surface area (Å²) in [7, 11) is 4.07. The van der Waals surface area contributed by atoms with Crippen LogP contribution < -0.4 is 0 Å². The van der Waals surface area contributed by atoms with Crippen LogP contribution in [0, 0.1) is 0 Å². The van der Waals surface area contributed by atoms with Crippen molar-refractivity contribution in [1.29, 1.82) is 0 Å². The van der Waals surface area contributed by atoms with Crippen LogP contribution in [0.3, 0.4) is 0 Å². The molecular formula is C16H25N3O. The number of carbonyl (C=O) groups excluding carboxylic acids is 1. The van der Waals surface area contributed by atoms with Gasteiger partial charge in [0.05, 0.1) is 0 Å². The SMILES string of the molecule is CC.CN1CCC2(CC1)CN(C)C(=O)c1ccncc12. The van der Waals surface area contributed by atoms with Crippen molar-refractivity contribution in [2.75, 3.05) is 33.7 Å². The average Bonchev–Trinajstić information content (AvgIpc) is 2.50. The molecule has 0 radical (unpaired) electrons. The first-order chi connectivity index (χ1) is 9.62. The maximum Gasteiger partial charge on any atom is 0.254 e. The van der Waals surface area contributed by atoms with Gasteiger partial charge in [-0.2, -0.15) is 0 Å². The molecule has 1 fully saturated rings. The number of aromatic nitrogens is 1. The summed E-state index contributed by atoms with van der Waals surface area (Å²) in [5, 5.41) is 0. The zero-order valence-corrected chi connectivity index (χ0v) is 13.0. The van der Waals surface area contributed by atoms with Gasteiger partial charge in [-0.1, -0.05) is 13.8 Å². The highest BCUT2D eigenvalue weighted by atomic mass is 16.2. The Labute approximate surface area is 121 Å². The first kappa shape index (κ1) is 15.0. The van der Waals surface area contributed by atoms with Crippen molar-refractivity contribution in [3.63, 3.8) is 0 Å². The van der Waals surface area contributed by atoms with Crippen molar-refractivity contribution >= 4 is 5.91 Å². The molecule has 2 aliphatic heterocycles. The molecule has 4 nitrogen and oxygen atoms in total. The molecule has 0 bridgehead atoms. The third kappa shape index (κ3) is 2.44. The van der Waals surface area contributed by atoms with E-state index in [0.717, 1.165) is 38.0 Å². The Morgan fingerprint density at radius 1 is 1.20 bits per heavy atom. The first-order valence-corrected chi connectivity index (χ1v) is 7.51. The zero-order chi connectivity index (χ0) is 14.8. The van der Waals surface area contributed by atoms with Crippen molar-refractivity contribution in [2.24, 2.45) is 0 Å². The lowest BCUT2D eigenvalue weighted by Crippen LogP contribution is -2.52. The van der Waals surface area contributed by atoms with Crippen LogP contribution in [-0.2, 0) is 5.41 Å². The number of likely N-dealkylation sites (N-methyl/N-ethyl adjacent to an activating group) is 1. The molecule has 0 unspecified atom stereocenters. The van der Waals surface area contributed by atoms with Crippen LogP contribution >= 0.6 is 0 Å². The Kier molecular flexibility index (Phi) is 4.43. The van der Waals surface area contributed by atoms with Gasteiger partial charge in [0.15, 0.2) is 0 Å². The molecule has 2 aliphatic rings. The molecule has 0 aromatic carbocycles. The Morgan fingerprint density at radius 3 is 2.50 bits per heavy atom. The van der Waals surface area contributed by atoms with E-state index in [-0.39, 0.29) is 11.3 Å². The standard InChI is InChI=1S/C14H19N3O.C2H6/c1-16-7-4-14(5-8-16)10-17(2)13(18)11-3-6-15-9-12(11)14;1-2/h3,6,9H,4-5,7-8,10H2,1-2H3;1-2H3. The van der Waals surface area contributed by atoms with Crippen LogP contribution in [0.4, 0.5) is 0 Å². The van der Waals surface area contributed by atoms with E-state index in [1.54, 1.807) is 6.20 Å². The number of amides is 1. The van der Waals surface area contributed by atoms with Crippen LogP contribution in [0.15, 0.2) is 18.5 Å². The van der Waals surface area contributed by atoms with E-state index in [0.29, 0.717) is 0 Å². The van der Waals surface area contributed by atoms with Crippen LogP contribution in [0.2, 0.25) is 0 Å². The molecule has 1 saturated heterocycles. The number of hydrogen-bond acceptors (Lipinski definition) is 3. The van der Waals surface area contributed by atoms with Gasteiger partial charge in [0.25, 0.3) is 5.91 Å². The molecule has 1 aromatic rings. The van der Waals surface area contributed by atoms with Gasteiger partial charge in [-0.3, -0.25) is 9.78 Å². The van der Waals surface area contributed by atoms with E-state index in [4.69, 9.17) is 0 Å². The summed E-state index contributed by atoms with van der Waals surface area (Å²) in [5.41, 5.74) is 2.14. The van der Waals surface area contributed by atoms with Crippen molar-refractivity contribution in [3.8, 4) is 0 Å². The van der Waals surface area contributed by atoms with Gasteiger partial charge in [0.1, 0.15) is 0 Å². The van der Waals surface area contributed by atoms with Crippen molar-refractivity contribution in [1.82, 2.24) is 14.8 Å². The van der Waals surface area contributed by atoms with Gasteiger partial charge in [0, 0.05) is 37.0 Å². The largest absolute Gasteiger partial charge is 0.341 e. The lowest BCUT2D eigenvalue weighted by atomic mass is 9.69. The molecule has 0 aliphatic carbocycles. The molecule has 110 valence electrons. The highest BCUT2D eigenvalue weighted by Crippen LogP contribution is 2.40. The molecule has 3 rings (SSSR count). The molecule has 20 heavy (non-hydrogen) atoms. The lowest BCUT2D eigenvalue weighted by Gasteiger charge is -2.46. The first-order valence-electron chi connectivity index (χ1n) is 7.51. The number of hydrogen-bond donors (Lipinski definition) is 0. The molecule has 0 saturated carbocycles. The fraction of sp³-hybridized carbons (Fsp3) is 0.625. The third-order valence-corrected chi connectivity index (χ3v) is 4.45. The number of likely N-dealkylation sites (tertiary alicyclic amines) is 1. The van der Waals surface area contributed by atoms with Crippen molar-refractivity contribution < 1.29 is 4.79 Å². The second kappa shape index (κ2) is 5.92. The molecule has 1 spiro atoms. The molecular weight excluding hydrogens is 250 g/mol. The molecule has 0 atom stereocenters. The summed E-state index contributed by atoms with van der Waals surface area (Å²) >= 11 is 0. The maximum atomic E-state index is 12.2.